The molecule has 0 fully saturated rings. The van der Waals surface area contributed by atoms with Gasteiger partial charge in [-0.15, -0.1) is 0 Å². The van der Waals surface area contributed by atoms with Crippen LogP contribution in [0.4, 0.5) is 0 Å². The van der Waals surface area contributed by atoms with Gasteiger partial charge >= 0.3 is 0 Å². The molecule has 0 saturated carbocycles. The minimum Gasteiger partial charge on any atom is -0.338 e. The molecule has 0 saturated heterocycles. The van der Waals surface area contributed by atoms with E-state index >= 15 is 0 Å². The number of hydrogen-bond acceptors (Lipinski definition) is 4. The molecule has 0 atom stereocenters. The third-order valence-electron chi connectivity index (χ3n) is 2.26. The summed E-state index contributed by atoms with van der Waals surface area (Å²) in [6, 6.07) is 3.43. The lowest BCUT2D eigenvalue weighted by atomic mass is 10.2. The van der Waals surface area contributed by atoms with Crippen LogP contribution in [0.3, 0.4) is 0 Å². The van der Waals surface area contributed by atoms with Crippen LogP contribution in [0.15, 0.2) is 12.3 Å². The number of nitrogens with zero attached hydrogens (tertiary/aromatic N) is 2. The van der Waals surface area contributed by atoms with Crippen LogP contribution in [0.25, 0.3) is 0 Å². The van der Waals surface area contributed by atoms with Gasteiger partial charge in [-0.25, -0.2) is 4.98 Å². The summed E-state index contributed by atoms with van der Waals surface area (Å²) in [6.45, 7) is 3.57. The highest BCUT2D eigenvalue weighted by Gasteiger charge is 2.10. The maximum absolute atomic E-state index is 11.8. The van der Waals surface area contributed by atoms with Gasteiger partial charge in [-0.3, -0.25) is 9.59 Å². The van der Waals surface area contributed by atoms with Gasteiger partial charge in [0.2, 0.25) is 5.91 Å². The van der Waals surface area contributed by atoms with Crippen molar-refractivity contribution in [2.24, 2.45) is 5.92 Å². The molecule has 7 heteroatoms. The Balaban J connectivity index is 2.60. The summed E-state index contributed by atoms with van der Waals surface area (Å²) in [5, 5.41) is 13.9. The fraction of sp³-hybridized carbons (Fsp3) is 0.333. The van der Waals surface area contributed by atoms with E-state index in [9.17, 15) is 9.59 Å². The minimum atomic E-state index is -0.385. The van der Waals surface area contributed by atoms with E-state index in [1.807, 2.05) is 28.7 Å². The van der Waals surface area contributed by atoms with Crippen molar-refractivity contribution in [3.63, 3.8) is 0 Å². The summed E-state index contributed by atoms with van der Waals surface area (Å²) >= 11 is 1.92. The fourth-order valence-corrected chi connectivity index (χ4v) is 1.58. The highest BCUT2D eigenvalue weighted by atomic mass is 127. The molecule has 2 N–H and O–H groups in total. The predicted octanol–water partition coefficient (Wildman–Crippen LogP) is 1.02. The first-order valence-electron chi connectivity index (χ1n) is 5.57. The molecular weight excluding hydrogens is 359 g/mol. The molecule has 0 aromatic carbocycles. The Hall–Kier alpha value is -1.69. The van der Waals surface area contributed by atoms with Crippen molar-refractivity contribution in [1.29, 1.82) is 5.26 Å². The van der Waals surface area contributed by atoms with Gasteiger partial charge in [-0.05, 0) is 28.7 Å². The maximum Gasteiger partial charge on any atom is 0.254 e. The normalized spacial score (nSPS) is 9.84. The Morgan fingerprint density at radius 1 is 1.47 bits per heavy atom. The molecule has 0 spiro atoms. The standard InChI is InChI=1S/C12H13IN4O2/c1-7(2)11(18)16-6-17-12(19)9-3-8(4-14)10(13)15-5-9/h3,5,7H,6H2,1-2H3,(H,16,18)(H,17,19). The molecule has 1 aromatic heterocycles. The second kappa shape index (κ2) is 7.04. The van der Waals surface area contributed by atoms with E-state index in [2.05, 4.69) is 15.6 Å². The van der Waals surface area contributed by atoms with Gasteiger partial charge in [-0.2, -0.15) is 5.26 Å². The zero-order valence-electron chi connectivity index (χ0n) is 10.5. The van der Waals surface area contributed by atoms with Crippen molar-refractivity contribution in [2.75, 3.05) is 6.67 Å². The quantitative estimate of drug-likeness (QED) is 0.469. The van der Waals surface area contributed by atoms with Crippen molar-refractivity contribution in [3.05, 3.63) is 27.1 Å². The van der Waals surface area contributed by atoms with E-state index in [-0.39, 0.29) is 30.0 Å². The molecule has 0 aliphatic carbocycles. The zero-order valence-corrected chi connectivity index (χ0v) is 12.7. The predicted molar refractivity (Wildman–Crippen MR) is 77.0 cm³/mol. The number of hydrogen-bond donors (Lipinski definition) is 2. The first-order valence-corrected chi connectivity index (χ1v) is 6.65. The molecule has 6 nitrogen and oxygen atoms in total. The summed E-state index contributed by atoms with van der Waals surface area (Å²) in [5.74, 6) is -0.662. The molecule has 1 heterocycles. The van der Waals surface area contributed by atoms with E-state index in [4.69, 9.17) is 5.26 Å². The number of nitriles is 1. The Kier molecular flexibility index (Phi) is 5.69. The Labute approximate surface area is 124 Å². The number of aromatic nitrogens is 1. The molecule has 0 radical (unpaired) electrons. The van der Waals surface area contributed by atoms with Crippen molar-refractivity contribution in [1.82, 2.24) is 15.6 Å². The zero-order chi connectivity index (χ0) is 14.4. The number of nitrogens with one attached hydrogen (secondary N) is 2. The van der Waals surface area contributed by atoms with Crippen LogP contribution < -0.4 is 10.6 Å². The van der Waals surface area contributed by atoms with E-state index in [1.54, 1.807) is 13.8 Å². The van der Waals surface area contributed by atoms with E-state index in [0.29, 0.717) is 9.26 Å². The van der Waals surface area contributed by atoms with Gasteiger partial charge in [0.15, 0.2) is 0 Å². The summed E-state index contributed by atoms with van der Waals surface area (Å²) in [7, 11) is 0. The van der Waals surface area contributed by atoms with E-state index in [1.165, 1.54) is 12.3 Å². The summed E-state index contributed by atoms with van der Waals surface area (Å²) in [6.07, 6.45) is 1.39. The van der Waals surface area contributed by atoms with E-state index < -0.39 is 0 Å². The number of rotatable bonds is 4. The second-order valence-electron chi connectivity index (χ2n) is 4.05. The van der Waals surface area contributed by atoms with Crippen molar-refractivity contribution >= 4 is 34.4 Å². The lowest BCUT2D eigenvalue weighted by molar-refractivity contribution is -0.124. The Bertz CT molecular complexity index is 537. The van der Waals surface area contributed by atoms with E-state index in [0.717, 1.165) is 0 Å². The highest BCUT2D eigenvalue weighted by molar-refractivity contribution is 14.1. The minimum absolute atomic E-state index is 0.0454. The first-order chi connectivity index (χ1) is 8.95. The largest absolute Gasteiger partial charge is 0.338 e. The molecule has 1 aromatic rings. The lowest BCUT2D eigenvalue weighted by Gasteiger charge is -2.09. The van der Waals surface area contributed by atoms with Crippen molar-refractivity contribution in [2.45, 2.75) is 13.8 Å². The van der Waals surface area contributed by atoms with Gasteiger partial charge in [0, 0.05) is 12.1 Å². The second-order valence-corrected chi connectivity index (χ2v) is 5.07. The SMILES string of the molecule is CC(C)C(=O)NCNC(=O)c1cnc(I)c(C#N)c1. The van der Waals surface area contributed by atoms with Crippen LogP contribution in [0.2, 0.25) is 0 Å². The van der Waals surface area contributed by atoms with Gasteiger partial charge in [0.1, 0.15) is 9.77 Å². The van der Waals surface area contributed by atoms with Crippen molar-refractivity contribution < 1.29 is 9.59 Å². The number of carbonyl (C=O) groups excluding carboxylic acids is 2. The number of carbonyl (C=O) groups is 2. The third kappa shape index (κ3) is 4.48. The third-order valence-corrected chi connectivity index (χ3v) is 3.12. The molecular formula is C12H13IN4O2. The van der Waals surface area contributed by atoms with Crippen LogP contribution in [0.1, 0.15) is 29.8 Å². The average Bonchev–Trinajstić information content (AvgIpc) is 2.38. The van der Waals surface area contributed by atoms with Crippen LogP contribution in [0, 0.1) is 20.9 Å². The van der Waals surface area contributed by atoms with Crippen LogP contribution in [-0.2, 0) is 4.79 Å². The average molecular weight is 372 g/mol. The maximum atomic E-state index is 11.8. The summed E-state index contributed by atoms with van der Waals surface area (Å²) in [5.41, 5.74) is 0.634. The van der Waals surface area contributed by atoms with Gasteiger partial charge in [0.25, 0.3) is 5.91 Å². The smallest absolute Gasteiger partial charge is 0.254 e. The molecule has 0 unspecified atom stereocenters. The summed E-state index contributed by atoms with van der Waals surface area (Å²) in [4.78, 5) is 27.0. The summed E-state index contributed by atoms with van der Waals surface area (Å²) < 4.78 is 0.546. The molecule has 2 amide bonds. The molecule has 0 bridgehead atoms. The molecule has 0 aliphatic heterocycles. The monoisotopic (exact) mass is 372 g/mol. The molecule has 1 rings (SSSR count). The van der Waals surface area contributed by atoms with Crippen LogP contribution in [0.5, 0.6) is 0 Å². The first kappa shape index (κ1) is 15.4. The van der Waals surface area contributed by atoms with Crippen LogP contribution >= 0.6 is 22.6 Å². The Morgan fingerprint density at radius 2 is 2.16 bits per heavy atom. The number of pyridine rings is 1. The molecule has 19 heavy (non-hydrogen) atoms. The molecule has 0 aliphatic rings. The topological polar surface area (TPSA) is 94.9 Å². The number of amides is 2. The highest BCUT2D eigenvalue weighted by Crippen LogP contribution is 2.10. The van der Waals surface area contributed by atoms with Crippen LogP contribution in [-0.4, -0.2) is 23.5 Å². The Morgan fingerprint density at radius 3 is 2.74 bits per heavy atom. The van der Waals surface area contributed by atoms with Crippen molar-refractivity contribution in [3.8, 4) is 6.07 Å². The van der Waals surface area contributed by atoms with Gasteiger partial charge in [-0.1, -0.05) is 13.8 Å². The molecule has 100 valence electrons. The van der Waals surface area contributed by atoms with Gasteiger partial charge < -0.3 is 10.6 Å². The van der Waals surface area contributed by atoms with Gasteiger partial charge in [0.05, 0.1) is 17.8 Å². The fourth-order valence-electron chi connectivity index (χ4n) is 1.17. The lowest BCUT2D eigenvalue weighted by Crippen LogP contribution is -2.39. The number of halogens is 1.